The summed E-state index contributed by atoms with van der Waals surface area (Å²) in [4.78, 5) is 2.33. The van der Waals surface area contributed by atoms with E-state index in [4.69, 9.17) is 5.73 Å². The van der Waals surface area contributed by atoms with Crippen LogP contribution in [-0.2, 0) is 0 Å². The van der Waals surface area contributed by atoms with Crippen LogP contribution in [0.25, 0.3) is 0 Å². The topological polar surface area (TPSA) is 29.3 Å². The molecule has 1 aromatic rings. The van der Waals surface area contributed by atoms with Crippen molar-refractivity contribution >= 4 is 15.9 Å². The third kappa shape index (κ3) is 3.36. The minimum Gasteiger partial charge on any atom is -0.329 e. The molecule has 2 N–H and O–H groups in total. The van der Waals surface area contributed by atoms with Crippen LogP contribution in [0.15, 0.2) is 22.7 Å². The van der Waals surface area contributed by atoms with E-state index in [1.807, 2.05) is 6.07 Å². The molecule has 2 rings (SSSR count). The number of nitrogens with zero attached hydrogens (tertiary/aromatic N) is 1. The van der Waals surface area contributed by atoms with Gasteiger partial charge in [-0.3, -0.25) is 4.90 Å². The Bertz CT molecular complexity index is 438. The number of hydrogen-bond donors (Lipinski definition) is 1. The van der Waals surface area contributed by atoms with Crippen LogP contribution < -0.4 is 5.73 Å². The van der Waals surface area contributed by atoms with Gasteiger partial charge in [0.15, 0.2) is 0 Å². The molecule has 0 amide bonds. The Balaban J connectivity index is 2.22. The van der Waals surface area contributed by atoms with Crippen molar-refractivity contribution in [3.63, 3.8) is 0 Å². The van der Waals surface area contributed by atoms with Crippen LogP contribution in [0.5, 0.6) is 0 Å². The normalized spacial score (nSPS) is 26.4. The Hall–Kier alpha value is -0.450. The molecule has 3 unspecified atom stereocenters. The average Bonchev–Trinajstić information content (AvgIpc) is 2.38. The van der Waals surface area contributed by atoms with E-state index in [0.29, 0.717) is 18.0 Å². The van der Waals surface area contributed by atoms with Crippen molar-refractivity contribution in [3.8, 4) is 0 Å². The van der Waals surface area contributed by atoms with E-state index in [-0.39, 0.29) is 11.9 Å². The lowest BCUT2D eigenvalue weighted by Gasteiger charge is -2.40. The van der Waals surface area contributed by atoms with Crippen molar-refractivity contribution in [1.29, 1.82) is 0 Å². The zero-order chi connectivity index (χ0) is 14.0. The van der Waals surface area contributed by atoms with Crippen LogP contribution in [-0.4, -0.2) is 24.5 Å². The Morgan fingerprint density at radius 1 is 1.42 bits per heavy atom. The van der Waals surface area contributed by atoms with Crippen LogP contribution in [0.4, 0.5) is 4.39 Å². The second-order valence-corrected chi connectivity index (χ2v) is 6.57. The molecule has 0 aromatic heterocycles. The molecule has 19 heavy (non-hydrogen) atoms. The maximum absolute atomic E-state index is 14.0. The van der Waals surface area contributed by atoms with Gasteiger partial charge >= 0.3 is 0 Å². The van der Waals surface area contributed by atoms with E-state index < -0.39 is 0 Å². The van der Waals surface area contributed by atoms with Crippen LogP contribution >= 0.6 is 15.9 Å². The predicted octanol–water partition coefficient (Wildman–Crippen LogP) is 3.57. The molecule has 1 aliphatic heterocycles. The van der Waals surface area contributed by atoms with E-state index in [0.717, 1.165) is 29.9 Å². The Morgan fingerprint density at radius 2 is 2.16 bits per heavy atom. The summed E-state index contributed by atoms with van der Waals surface area (Å²) in [6, 6.07) is 5.08. The van der Waals surface area contributed by atoms with E-state index in [2.05, 4.69) is 34.7 Å². The lowest BCUT2D eigenvalue weighted by Crippen LogP contribution is -2.43. The second-order valence-electron chi connectivity index (χ2n) is 5.66. The van der Waals surface area contributed by atoms with Crippen molar-refractivity contribution < 1.29 is 4.39 Å². The van der Waals surface area contributed by atoms with Gasteiger partial charge < -0.3 is 5.73 Å². The van der Waals surface area contributed by atoms with E-state index in [9.17, 15) is 4.39 Å². The first kappa shape index (κ1) is 14.9. The van der Waals surface area contributed by atoms with E-state index in [1.54, 1.807) is 6.07 Å². The largest absolute Gasteiger partial charge is 0.329 e. The van der Waals surface area contributed by atoms with Gasteiger partial charge in [-0.25, -0.2) is 4.39 Å². The zero-order valence-electron chi connectivity index (χ0n) is 11.6. The molecule has 0 aliphatic carbocycles. The number of piperidine rings is 1. The number of halogens is 2. The van der Waals surface area contributed by atoms with Crippen LogP contribution in [0.1, 0.15) is 31.9 Å². The highest BCUT2D eigenvalue weighted by atomic mass is 79.9. The Kier molecular flexibility index (Phi) is 4.98. The van der Waals surface area contributed by atoms with Crippen LogP contribution in [0.3, 0.4) is 0 Å². The summed E-state index contributed by atoms with van der Waals surface area (Å²) in [6.45, 7) is 7.00. The fraction of sp³-hybridized carbons (Fsp3) is 0.600. The van der Waals surface area contributed by atoms with Crippen molar-refractivity contribution in [1.82, 2.24) is 4.90 Å². The van der Waals surface area contributed by atoms with Crippen molar-refractivity contribution in [2.45, 2.75) is 26.3 Å². The maximum Gasteiger partial charge on any atom is 0.128 e. The Morgan fingerprint density at radius 3 is 2.79 bits per heavy atom. The quantitative estimate of drug-likeness (QED) is 0.919. The number of rotatable bonds is 3. The monoisotopic (exact) mass is 328 g/mol. The average molecular weight is 329 g/mol. The highest BCUT2D eigenvalue weighted by molar-refractivity contribution is 9.10. The molecule has 0 spiro atoms. The third-order valence-electron chi connectivity index (χ3n) is 4.35. The predicted molar refractivity (Wildman–Crippen MR) is 80.4 cm³/mol. The third-order valence-corrected chi connectivity index (χ3v) is 4.84. The fourth-order valence-electron chi connectivity index (χ4n) is 2.82. The van der Waals surface area contributed by atoms with Gasteiger partial charge in [-0.05, 0) is 43.0 Å². The van der Waals surface area contributed by atoms with Crippen molar-refractivity contribution in [3.05, 3.63) is 34.1 Å². The molecule has 1 fully saturated rings. The molecule has 0 bridgehead atoms. The van der Waals surface area contributed by atoms with Gasteiger partial charge in [0.1, 0.15) is 5.82 Å². The first-order valence-corrected chi connectivity index (χ1v) is 7.71. The van der Waals surface area contributed by atoms with Gasteiger partial charge in [-0.1, -0.05) is 29.8 Å². The van der Waals surface area contributed by atoms with Crippen molar-refractivity contribution in [2.24, 2.45) is 17.6 Å². The van der Waals surface area contributed by atoms with Gasteiger partial charge in [0.25, 0.3) is 0 Å². The summed E-state index contributed by atoms with van der Waals surface area (Å²) < 4.78 is 14.9. The standard InChI is InChI=1S/C15H22BrFN2/c1-10-5-6-19(9-11(10)2)15(8-18)13-7-12(16)3-4-14(13)17/h3-4,7,10-11,15H,5-6,8-9,18H2,1-2H3. The fourth-order valence-corrected chi connectivity index (χ4v) is 3.20. The molecule has 1 aliphatic rings. The summed E-state index contributed by atoms with van der Waals surface area (Å²) >= 11 is 3.41. The second kappa shape index (κ2) is 6.33. The van der Waals surface area contributed by atoms with Gasteiger partial charge in [-0.2, -0.15) is 0 Å². The van der Waals surface area contributed by atoms with E-state index in [1.165, 1.54) is 6.07 Å². The molecule has 1 heterocycles. The number of likely N-dealkylation sites (tertiary alicyclic amines) is 1. The summed E-state index contributed by atoms with van der Waals surface area (Å²) in [5, 5.41) is 0. The van der Waals surface area contributed by atoms with Gasteiger partial charge in [0, 0.05) is 29.2 Å². The lowest BCUT2D eigenvalue weighted by molar-refractivity contribution is 0.0966. The van der Waals surface area contributed by atoms with E-state index >= 15 is 0 Å². The molecule has 0 radical (unpaired) electrons. The smallest absolute Gasteiger partial charge is 0.128 e. The minimum absolute atomic E-state index is 0.0209. The van der Waals surface area contributed by atoms with Crippen LogP contribution in [0.2, 0.25) is 0 Å². The summed E-state index contributed by atoms with van der Waals surface area (Å²) in [6.07, 6.45) is 1.16. The molecule has 1 saturated heterocycles. The SMILES string of the molecule is CC1CCN(C(CN)c2cc(Br)ccc2F)CC1C. The number of nitrogens with two attached hydrogens (primary N) is 1. The highest BCUT2D eigenvalue weighted by Crippen LogP contribution is 2.31. The molecule has 1 aromatic carbocycles. The maximum atomic E-state index is 14.0. The first-order chi connectivity index (χ1) is 9.02. The molecular weight excluding hydrogens is 307 g/mol. The van der Waals surface area contributed by atoms with Gasteiger partial charge in [-0.15, -0.1) is 0 Å². The molecule has 4 heteroatoms. The molecular formula is C15H22BrFN2. The molecule has 2 nitrogen and oxygen atoms in total. The summed E-state index contributed by atoms with van der Waals surface area (Å²) in [7, 11) is 0. The number of hydrogen-bond acceptors (Lipinski definition) is 2. The summed E-state index contributed by atoms with van der Waals surface area (Å²) in [5.74, 6) is 1.21. The zero-order valence-corrected chi connectivity index (χ0v) is 13.2. The first-order valence-electron chi connectivity index (χ1n) is 6.92. The Labute approximate surface area is 123 Å². The van der Waals surface area contributed by atoms with Crippen LogP contribution in [0, 0.1) is 17.7 Å². The number of benzene rings is 1. The lowest BCUT2D eigenvalue weighted by atomic mass is 9.87. The van der Waals surface area contributed by atoms with Crippen molar-refractivity contribution in [2.75, 3.05) is 19.6 Å². The molecule has 106 valence electrons. The molecule has 0 saturated carbocycles. The molecule has 3 atom stereocenters. The minimum atomic E-state index is -0.162. The van der Waals surface area contributed by atoms with Gasteiger partial charge in [0.05, 0.1) is 0 Å². The highest BCUT2D eigenvalue weighted by Gasteiger charge is 2.29. The summed E-state index contributed by atoms with van der Waals surface area (Å²) in [5.41, 5.74) is 6.62. The van der Waals surface area contributed by atoms with Gasteiger partial charge in [0.2, 0.25) is 0 Å².